The van der Waals surface area contributed by atoms with E-state index in [9.17, 15) is 0 Å². The first kappa shape index (κ1) is 6.58. The Kier molecular flexibility index (Phi) is 2.08. The van der Waals surface area contributed by atoms with Gasteiger partial charge in [0.2, 0.25) is 0 Å². The average molecular weight is 188 g/mol. The van der Waals surface area contributed by atoms with Gasteiger partial charge in [0.15, 0.2) is 5.75 Å². The normalized spacial score (nSPS) is 9.11. The van der Waals surface area contributed by atoms with E-state index in [1.165, 1.54) is 0 Å². The quantitative estimate of drug-likeness (QED) is 0.680. The zero-order chi connectivity index (χ0) is 6.69. The molecule has 1 aromatic rings. The molecule has 0 aliphatic carbocycles. The fourth-order valence-corrected chi connectivity index (χ4v) is 0.919. The Bertz CT molecular complexity index is 202. The zero-order valence-electron chi connectivity index (χ0n) is 4.67. The third kappa shape index (κ3) is 1.43. The lowest BCUT2D eigenvalue weighted by molar-refractivity contribution is 0.332. The molecule has 0 saturated carbocycles. The highest BCUT2D eigenvalue weighted by atomic mass is 79.9. The van der Waals surface area contributed by atoms with Crippen molar-refractivity contribution in [2.24, 2.45) is 5.90 Å². The van der Waals surface area contributed by atoms with E-state index >= 15 is 0 Å². The molecule has 0 unspecified atom stereocenters. The maximum atomic E-state index is 4.92. The van der Waals surface area contributed by atoms with Crippen molar-refractivity contribution >= 4 is 15.9 Å². The monoisotopic (exact) mass is 187 g/mol. The van der Waals surface area contributed by atoms with Crippen LogP contribution in [0.5, 0.6) is 5.75 Å². The van der Waals surface area contributed by atoms with Crippen molar-refractivity contribution in [1.82, 2.24) is 0 Å². The van der Waals surface area contributed by atoms with Gasteiger partial charge >= 0.3 is 0 Å². The SMILES string of the molecule is NOc1ccccc1Br. The van der Waals surface area contributed by atoms with E-state index in [2.05, 4.69) is 20.8 Å². The Morgan fingerprint density at radius 2 is 2.00 bits per heavy atom. The van der Waals surface area contributed by atoms with Gasteiger partial charge in [-0.25, -0.2) is 0 Å². The molecule has 1 aromatic carbocycles. The summed E-state index contributed by atoms with van der Waals surface area (Å²) in [4.78, 5) is 4.50. The lowest BCUT2D eigenvalue weighted by Gasteiger charge is -1.97. The van der Waals surface area contributed by atoms with Crippen LogP contribution < -0.4 is 10.7 Å². The summed E-state index contributed by atoms with van der Waals surface area (Å²) in [6.45, 7) is 0. The van der Waals surface area contributed by atoms with E-state index in [1.807, 2.05) is 18.2 Å². The van der Waals surface area contributed by atoms with Crippen molar-refractivity contribution in [3.05, 3.63) is 28.7 Å². The Hall–Kier alpha value is -0.540. The number of rotatable bonds is 1. The van der Waals surface area contributed by atoms with Gasteiger partial charge in [-0.3, -0.25) is 0 Å². The van der Waals surface area contributed by atoms with Crippen molar-refractivity contribution in [3.8, 4) is 5.75 Å². The van der Waals surface area contributed by atoms with Gasteiger partial charge in [0.25, 0.3) is 0 Å². The van der Waals surface area contributed by atoms with Crippen LogP contribution in [0.4, 0.5) is 0 Å². The molecule has 9 heavy (non-hydrogen) atoms. The third-order valence-corrected chi connectivity index (χ3v) is 1.62. The van der Waals surface area contributed by atoms with Gasteiger partial charge in [-0.15, -0.1) is 0 Å². The molecule has 0 fully saturated rings. The first-order chi connectivity index (χ1) is 4.34. The van der Waals surface area contributed by atoms with E-state index in [0.717, 1.165) is 4.47 Å². The standard InChI is InChI=1S/C6H6BrNO/c7-5-3-1-2-4-6(5)9-8/h1-4H,8H2. The molecule has 0 heterocycles. The van der Waals surface area contributed by atoms with E-state index < -0.39 is 0 Å². The Morgan fingerprint density at radius 1 is 1.33 bits per heavy atom. The van der Waals surface area contributed by atoms with Gasteiger partial charge < -0.3 is 4.84 Å². The van der Waals surface area contributed by atoms with Crippen LogP contribution in [0.25, 0.3) is 0 Å². The predicted octanol–water partition coefficient (Wildman–Crippen LogP) is 1.70. The highest BCUT2D eigenvalue weighted by Gasteiger charge is 1.93. The molecule has 0 amide bonds. The lowest BCUT2D eigenvalue weighted by atomic mass is 10.3. The molecule has 48 valence electrons. The molecule has 2 nitrogen and oxygen atoms in total. The second kappa shape index (κ2) is 2.85. The van der Waals surface area contributed by atoms with Gasteiger partial charge in [0.05, 0.1) is 4.47 Å². The number of benzene rings is 1. The second-order valence-corrected chi connectivity index (χ2v) is 2.40. The first-order valence-corrected chi connectivity index (χ1v) is 3.25. The van der Waals surface area contributed by atoms with Gasteiger partial charge in [-0.1, -0.05) is 12.1 Å². The van der Waals surface area contributed by atoms with Crippen LogP contribution >= 0.6 is 15.9 Å². The molecule has 2 N–H and O–H groups in total. The fourth-order valence-electron chi connectivity index (χ4n) is 0.540. The van der Waals surface area contributed by atoms with Gasteiger partial charge in [-0.05, 0) is 28.1 Å². The minimum Gasteiger partial charge on any atom is -0.410 e. The van der Waals surface area contributed by atoms with Crippen LogP contribution in [0.3, 0.4) is 0 Å². The van der Waals surface area contributed by atoms with Crippen molar-refractivity contribution in [1.29, 1.82) is 0 Å². The van der Waals surface area contributed by atoms with Crippen LogP contribution in [-0.4, -0.2) is 0 Å². The first-order valence-electron chi connectivity index (χ1n) is 2.46. The van der Waals surface area contributed by atoms with Crippen molar-refractivity contribution in [3.63, 3.8) is 0 Å². The molecule has 0 spiro atoms. The fraction of sp³-hybridized carbons (Fsp3) is 0. The van der Waals surface area contributed by atoms with Crippen LogP contribution in [-0.2, 0) is 0 Å². The summed E-state index contributed by atoms with van der Waals surface area (Å²) >= 11 is 3.25. The second-order valence-electron chi connectivity index (χ2n) is 1.55. The number of halogens is 1. The van der Waals surface area contributed by atoms with Crippen LogP contribution in [0, 0.1) is 0 Å². The molecular formula is C6H6BrNO. The van der Waals surface area contributed by atoms with E-state index in [0.29, 0.717) is 5.75 Å². The Balaban J connectivity index is 3.01. The molecule has 0 saturated heterocycles. The molecule has 0 bridgehead atoms. The van der Waals surface area contributed by atoms with E-state index in [-0.39, 0.29) is 0 Å². The molecular weight excluding hydrogens is 182 g/mol. The topological polar surface area (TPSA) is 35.2 Å². The molecule has 0 atom stereocenters. The number of hydrogen-bond donors (Lipinski definition) is 1. The van der Waals surface area contributed by atoms with Gasteiger partial charge in [-0.2, -0.15) is 5.90 Å². The summed E-state index contributed by atoms with van der Waals surface area (Å²) in [5.41, 5.74) is 0. The van der Waals surface area contributed by atoms with E-state index in [4.69, 9.17) is 5.90 Å². The molecule has 1 rings (SSSR count). The van der Waals surface area contributed by atoms with Crippen LogP contribution in [0.15, 0.2) is 28.7 Å². The van der Waals surface area contributed by atoms with Crippen LogP contribution in [0.2, 0.25) is 0 Å². The number of hydrogen-bond acceptors (Lipinski definition) is 2. The smallest absolute Gasteiger partial charge is 0.160 e. The minimum absolute atomic E-state index is 0.650. The Morgan fingerprint density at radius 3 is 2.44 bits per heavy atom. The third-order valence-electron chi connectivity index (χ3n) is 0.964. The maximum absolute atomic E-state index is 4.92. The highest BCUT2D eigenvalue weighted by Crippen LogP contribution is 2.21. The summed E-state index contributed by atoms with van der Waals surface area (Å²) in [7, 11) is 0. The predicted molar refractivity (Wildman–Crippen MR) is 39.0 cm³/mol. The maximum Gasteiger partial charge on any atom is 0.160 e. The van der Waals surface area contributed by atoms with Crippen molar-refractivity contribution in [2.45, 2.75) is 0 Å². The molecule has 0 aliphatic heterocycles. The molecule has 0 radical (unpaired) electrons. The number of para-hydroxylation sites is 1. The average Bonchev–Trinajstić information content (AvgIpc) is 1.89. The largest absolute Gasteiger partial charge is 0.410 e. The summed E-state index contributed by atoms with van der Waals surface area (Å²) in [6.07, 6.45) is 0. The van der Waals surface area contributed by atoms with Crippen molar-refractivity contribution in [2.75, 3.05) is 0 Å². The molecule has 0 aliphatic rings. The number of nitrogens with two attached hydrogens (primary N) is 1. The summed E-state index contributed by atoms with van der Waals surface area (Å²) < 4.78 is 0.868. The lowest BCUT2D eigenvalue weighted by Crippen LogP contribution is -2.01. The van der Waals surface area contributed by atoms with E-state index in [1.54, 1.807) is 6.07 Å². The molecule has 3 heteroatoms. The summed E-state index contributed by atoms with van der Waals surface area (Å²) in [6, 6.07) is 7.39. The zero-order valence-corrected chi connectivity index (χ0v) is 6.26. The van der Waals surface area contributed by atoms with Gasteiger partial charge in [0, 0.05) is 0 Å². The highest BCUT2D eigenvalue weighted by molar-refractivity contribution is 9.10. The molecule has 0 aromatic heterocycles. The minimum atomic E-state index is 0.650. The summed E-state index contributed by atoms with van der Waals surface area (Å²) in [5.74, 6) is 5.57. The van der Waals surface area contributed by atoms with Gasteiger partial charge in [0.1, 0.15) is 0 Å². The van der Waals surface area contributed by atoms with Crippen LogP contribution in [0.1, 0.15) is 0 Å². The van der Waals surface area contributed by atoms with Crippen molar-refractivity contribution < 1.29 is 4.84 Å². The summed E-state index contributed by atoms with van der Waals surface area (Å²) in [5, 5.41) is 0. The Labute approximate surface area is 61.7 Å².